The van der Waals surface area contributed by atoms with Crippen molar-refractivity contribution in [3.63, 3.8) is 0 Å². The number of nitrogens with zero attached hydrogens (tertiary/aromatic N) is 1. The van der Waals surface area contributed by atoms with Gasteiger partial charge < -0.3 is 11.1 Å². The maximum atomic E-state index is 12.4. The molecule has 1 atom stereocenters. The molecule has 4 nitrogen and oxygen atoms in total. The van der Waals surface area contributed by atoms with Gasteiger partial charge in [-0.15, -0.1) is 0 Å². The molecule has 1 aromatic carbocycles. The standard InChI is InChI=1S/C15H19N3OS/c1-15(2)7-3-4-12(15)18-13(19)9-5-6-10-11(8-9)20-14(16)17-10/h5-6,8,12H,3-4,7H2,1-2H3,(H2,16,17)(H,18,19). The normalized spacial score (nSPS) is 21.2. The molecule has 1 aliphatic carbocycles. The number of carbonyl (C=O) groups excluding carboxylic acids is 1. The van der Waals surface area contributed by atoms with Crippen molar-refractivity contribution in [3.05, 3.63) is 23.8 Å². The number of hydrogen-bond acceptors (Lipinski definition) is 4. The molecule has 1 aromatic heterocycles. The first kappa shape index (κ1) is 13.4. The molecule has 1 unspecified atom stereocenters. The van der Waals surface area contributed by atoms with E-state index in [9.17, 15) is 4.79 Å². The number of rotatable bonds is 2. The van der Waals surface area contributed by atoms with E-state index in [1.807, 2.05) is 18.2 Å². The van der Waals surface area contributed by atoms with E-state index < -0.39 is 0 Å². The number of fused-ring (bicyclic) bond motifs is 1. The summed E-state index contributed by atoms with van der Waals surface area (Å²) in [7, 11) is 0. The van der Waals surface area contributed by atoms with E-state index in [2.05, 4.69) is 24.1 Å². The average Bonchev–Trinajstić information content (AvgIpc) is 2.90. The summed E-state index contributed by atoms with van der Waals surface area (Å²) in [5.74, 6) is -0.00107. The third kappa shape index (κ3) is 2.38. The largest absolute Gasteiger partial charge is 0.375 e. The smallest absolute Gasteiger partial charge is 0.251 e. The lowest BCUT2D eigenvalue weighted by Crippen LogP contribution is -2.41. The fraction of sp³-hybridized carbons (Fsp3) is 0.467. The molecule has 0 radical (unpaired) electrons. The number of nitrogen functional groups attached to an aromatic ring is 1. The van der Waals surface area contributed by atoms with Crippen LogP contribution in [0.5, 0.6) is 0 Å². The Morgan fingerprint density at radius 1 is 1.50 bits per heavy atom. The number of hydrogen-bond donors (Lipinski definition) is 2. The van der Waals surface area contributed by atoms with Crippen molar-refractivity contribution in [1.29, 1.82) is 0 Å². The molecule has 1 saturated carbocycles. The summed E-state index contributed by atoms with van der Waals surface area (Å²) in [6, 6.07) is 5.81. The molecule has 5 heteroatoms. The highest BCUT2D eigenvalue weighted by Crippen LogP contribution is 2.37. The quantitative estimate of drug-likeness (QED) is 0.892. The molecular formula is C15H19N3OS. The molecular weight excluding hydrogens is 270 g/mol. The number of nitrogens with one attached hydrogen (secondary N) is 1. The minimum Gasteiger partial charge on any atom is -0.375 e. The van der Waals surface area contributed by atoms with Gasteiger partial charge in [0.05, 0.1) is 10.2 Å². The molecule has 3 N–H and O–H groups in total. The van der Waals surface area contributed by atoms with E-state index in [-0.39, 0.29) is 17.4 Å². The molecule has 1 amide bonds. The number of carbonyl (C=O) groups is 1. The number of aromatic nitrogens is 1. The summed E-state index contributed by atoms with van der Waals surface area (Å²) in [5, 5.41) is 3.71. The molecule has 0 bridgehead atoms. The van der Waals surface area contributed by atoms with Crippen molar-refractivity contribution < 1.29 is 4.79 Å². The Bertz CT molecular complexity index is 662. The van der Waals surface area contributed by atoms with E-state index in [1.54, 1.807) is 0 Å². The predicted molar refractivity (Wildman–Crippen MR) is 82.9 cm³/mol. The molecule has 3 rings (SSSR count). The Labute approximate surface area is 122 Å². The highest BCUT2D eigenvalue weighted by Gasteiger charge is 2.35. The van der Waals surface area contributed by atoms with Gasteiger partial charge in [-0.25, -0.2) is 4.98 Å². The van der Waals surface area contributed by atoms with Gasteiger partial charge in [-0.3, -0.25) is 4.79 Å². The summed E-state index contributed by atoms with van der Waals surface area (Å²) in [4.78, 5) is 16.6. The van der Waals surface area contributed by atoms with Crippen molar-refractivity contribution >= 4 is 32.6 Å². The maximum absolute atomic E-state index is 12.4. The fourth-order valence-electron chi connectivity index (χ4n) is 2.92. The topological polar surface area (TPSA) is 68.0 Å². The molecule has 106 valence electrons. The Morgan fingerprint density at radius 2 is 2.30 bits per heavy atom. The van der Waals surface area contributed by atoms with Gasteiger partial charge in [0.1, 0.15) is 0 Å². The first-order valence-corrected chi connectivity index (χ1v) is 7.74. The number of thiazole rings is 1. The SMILES string of the molecule is CC1(C)CCCC1NC(=O)c1ccc2nc(N)sc2c1. The van der Waals surface area contributed by atoms with Crippen LogP contribution in [-0.4, -0.2) is 16.9 Å². The minimum absolute atomic E-state index is 0.00107. The second-order valence-electron chi connectivity index (χ2n) is 6.14. The van der Waals surface area contributed by atoms with Crippen LogP contribution in [-0.2, 0) is 0 Å². The van der Waals surface area contributed by atoms with E-state index in [0.717, 1.165) is 16.6 Å². The highest BCUT2D eigenvalue weighted by atomic mass is 32.1. The number of nitrogens with two attached hydrogens (primary N) is 1. The lowest BCUT2D eigenvalue weighted by Gasteiger charge is -2.27. The van der Waals surface area contributed by atoms with Crippen LogP contribution in [0.25, 0.3) is 10.2 Å². The van der Waals surface area contributed by atoms with Gasteiger partial charge in [0, 0.05) is 11.6 Å². The molecule has 0 saturated heterocycles. The van der Waals surface area contributed by atoms with Crippen LogP contribution in [0.3, 0.4) is 0 Å². The van der Waals surface area contributed by atoms with Gasteiger partial charge in [-0.05, 0) is 36.5 Å². The molecule has 0 aliphatic heterocycles. The molecule has 0 spiro atoms. The maximum Gasteiger partial charge on any atom is 0.251 e. The molecule has 1 aliphatic rings. The lowest BCUT2D eigenvalue weighted by molar-refractivity contribution is 0.0910. The van der Waals surface area contributed by atoms with Crippen LogP contribution in [0.1, 0.15) is 43.5 Å². The summed E-state index contributed by atoms with van der Waals surface area (Å²) < 4.78 is 0.959. The molecule has 20 heavy (non-hydrogen) atoms. The Kier molecular flexibility index (Phi) is 3.17. The zero-order valence-corrected chi connectivity index (χ0v) is 12.6. The van der Waals surface area contributed by atoms with Crippen molar-refractivity contribution in [3.8, 4) is 0 Å². The van der Waals surface area contributed by atoms with Gasteiger partial charge in [0.15, 0.2) is 5.13 Å². The second-order valence-corrected chi connectivity index (χ2v) is 7.20. The highest BCUT2D eigenvalue weighted by molar-refractivity contribution is 7.22. The second kappa shape index (κ2) is 4.74. The van der Waals surface area contributed by atoms with E-state index in [0.29, 0.717) is 10.7 Å². The van der Waals surface area contributed by atoms with Gasteiger partial charge >= 0.3 is 0 Å². The monoisotopic (exact) mass is 289 g/mol. The van der Waals surface area contributed by atoms with Crippen LogP contribution in [0.2, 0.25) is 0 Å². The van der Waals surface area contributed by atoms with Gasteiger partial charge in [0.25, 0.3) is 5.91 Å². The predicted octanol–water partition coefficient (Wildman–Crippen LogP) is 3.19. The minimum atomic E-state index is -0.00107. The first-order chi connectivity index (χ1) is 9.45. The summed E-state index contributed by atoms with van der Waals surface area (Å²) in [6.45, 7) is 4.44. The molecule has 1 heterocycles. The first-order valence-electron chi connectivity index (χ1n) is 6.93. The Hall–Kier alpha value is -1.62. The number of amides is 1. The van der Waals surface area contributed by atoms with E-state index >= 15 is 0 Å². The van der Waals surface area contributed by atoms with Crippen molar-refractivity contribution in [2.75, 3.05) is 5.73 Å². The third-order valence-corrected chi connectivity index (χ3v) is 5.08. The summed E-state index contributed by atoms with van der Waals surface area (Å²) >= 11 is 1.41. The molecule has 2 aromatic rings. The Balaban J connectivity index is 1.81. The number of anilines is 1. The van der Waals surface area contributed by atoms with Crippen molar-refractivity contribution in [2.24, 2.45) is 5.41 Å². The number of benzene rings is 1. The summed E-state index contributed by atoms with van der Waals surface area (Å²) in [6.07, 6.45) is 3.42. The van der Waals surface area contributed by atoms with E-state index in [4.69, 9.17) is 5.73 Å². The molecule has 1 fully saturated rings. The summed E-state index contributed by atoms with van der Waals surface area (Å²) in [5.41, 5.74) is 7.42. The van der Waals surface area contributed by atoms with Crippen molar-refractivity contribution in [1.82, 2.24) is 10.3 Å². The van der Waals surface area contributed by atoms with E-state index in [1.165, 1.54) is 24.2 Å². The van der Waals surface area contributed by atoms with Crippen molar-refractivity contribution in [2.45, 2.75) is 39.2 Å². The van der Waals surface area contributed by atoms with Crippen LogP contribution < -0.4 is 11.1 Å². The zero-order valence-electron chi connectivity index (χ0n) is 11.8. The van der Waals surface area contributed by atoms with Gasteiger partial charge in [0.2, 0.25) is 0 Å². The van der Waals surface area contributed by atoms with Gasteiger partial charge in [-0.2, -0.15) is 0 Å². The average molecular weight is 289 g/mol. The zero-order chi connectivity index (χ0) is 14.3. The third-order valence-electron chi connectivity index (χ3n) is 4.23. The Morgan fingerprint density at radius 3 is 3.00 bits per heavy atom. The van der Waals surface area contributed by atoms with Crippen LogP contribution in [0.15, 0.2) is 18.2 Å². The van der Waals surface area contributed by atoms with Crippen LogP contribution >= 0.6 is 11.3 Å². The lowest BCUT2D eigenvalue weighted by atomic mass is 9.87. The fourth-order valence-corrected chi connectivity index (χ4v) is 3.69. The van der Waals surface area contributed by atoms with Crippen LogP contribution in [0.4, 0.5) is 5.13 Å². The van der Waals surface area contributed by atoms with Gasteiger partial charge in [-0.1, -0.05) is 31.6 Å². The van der Waals surface area contributed by atoms with Crippen LogP contribution in [0, 0.1) is 5.41 Å².